The number of hydrogen-bond donors (Lipinski definition) is 3. The predicted molar refractivity (Wildman–Crippen MR) is 128 cm³/mol. The van der Waals surface area contributed by atoms with Crippen LogP contribution in [-0.4, -0.2) is 58.4 Å². The number of amides is 1. The molecule has 4 aromatic rings. The van der Waals surface area contributed by atoms with Crippen LogP contribution in [0.4, 0.5) is 11.5 Å². The summed E-state index contributed by atoms with van der Waals surface area (Å²) in [5.74, 6) is 0.610. The van der Waals surface area contributed by atoms with E-state index >= 15 is 0 Å². The third kappa shape index (κ3) is 4.81. The number of carbonyl (C=O) groups excluding carboxylic acids is 1. The zero-order valence-corrected chi connectivity index (χ0v) is 18.3. The Balaban J connectivity index is 1.62. The first-order valence-corrected chi connectivity index (χ1v) is 10.2. The Bertz CT molecular complexity index is 1280. The van der Waals surface area contributed by atoms with Crippen molar-refractivity contribution in [2.45, 2.75) is 0 Å². The van der Waals surface area contributed by atoms with Crippen LogP contribution in [0.2, 0.25) is 0 Å². The van der Waals surface area contributed by atoms with E-state index in [1.54, 1.807) is 24.8 Å². The number of aromatic amines is 1. The van der Waals surface area contributed by atoms with Crippen LogP contribution in [0.3, 0.4) is 0 Å². The monoisotopic (exact) mass is 427 g/mol. The molecule has 0 fully saturated rings. The van der Waals surface area contributed by atoms with Crippen molar-refractivity contribution < 1.29 is 4.79 Å². The van der Waals surface area contributed by atoms with Crippen molar-refractivity contribution in [1.82, 2.24) is 24.8 Å². The maximum atomic E-state index is 12.2. The first-order chi connectivity index (χ1) is 15.5. The molecule has 8 heteroatoms. The van der Waals surface area contributed by atoms with Gasteiger partial charge in [0.2, 0.25) is 5.91 Å². The van der Waals surface area contributed by atoms with Gasteiger partial charge in [0.1, 0.15) is 11.5 Å². The van der Waals surface area contributed by atoms with Gasteiger partial charge >= 0.3 is 0 Å². The molecular formula is C24H25N7O. The number of H-pyrrole nitrogens is 1. The first-order valence-electron chi connectivity index (χ1n) is 10.2. The van der Waals surface area contributed by atoms with E-state index in [4.69, 9.17) is 0 Å². The van der Waals surface area contributed by atoms with Gasteiger partial charge in [-0.2, -0.15) is 0 Å². The molecule has 0 atom stereocenters. The van der Waals surface area contributed by atoms with Gasteiger partial charge in [0, 0.05) is 66.5 Å². The summed E-state index contributed by atoms with van der Waals surface area (Å²) < 4.78 is 0. The number of aromatic nitrogens is 4. The molecule has 0 aromatic carbocycles. The standard InChI is InChI=1S/C24H25N7O/c1-25-22-11-16(6-7-27-22)21-15-29-24-20(21)10-18(13-28-24)17-9-19(14-26-12-17)30-23(32)5-4-8-31(2)3/h4-7,9-15H,8H2,1-3H3,(H,25,27)(H,28,29)(H,30,32)/b5-4+. The molecular weight excluding hydrogens is 402 g/mol. The van der Waals surface area contributed by atoms with Crippen LogP contribution in [0, 0.1) is 0 Å². The largest absolute Gasteiger partial charge is 0.373 e. The topological polar surface area (TPSA) is 98.8 Å². The summed E-state index contributed by atoms with van der Waals surface area (Å²) in [4.78, 5) is 30.5. The summed E-state index contributed by atoms with van der Waals surface area (Å²) in [7, 11) is 5.74. The zero-order chi connectivity index (χ0) is 22.5. The number of pyridine rings is 3. The van der Waals surface area contributed by atoms with Gasteiger partial charge in [-0.05, 0) is 43.9 Å². The van der Waals surface area contributed by atoms with Crippen molar-refractivity contribution in [1.29, 1.82) is 0 Å². The molecule has 32 heavy (non-hydrogen) atoms. The molecule has 0 aliphatic rings. The fourth-order valence-corrected chi connectivity index (χ4v) is 3.36. The molecule has 4 aromatic heterocycles. The molecule has 8 nitrogen and oxygen atoms in total. The lowest BCUT2D eigenvalue weighted by Gasteiger charge is -2.07. The number of carbonyl (C=O) groups is 1. The minimum atomic E-state index is -0.190. The first kappa shape index (κ1) is 21.2. The average Bonchev–Trinajstić information content (AvgIpc) is 3.22. The highest BCUT2D eigenvalue weighted by molar-refractivity contribution is 6.00. The van der Waals surface area contributed by atoms with Crippen LogP contribution in [0.15, 0.2) is 67.4 Å². The van der Waals surface area contributed by atoms with E-state index < -0.39 is 0 Å². The summed E-state index contributed by atoms with van der Waals surface area (Å²) in [6.45, 7) is 0.698. The molecule has 0 aliphatic heterocycles. The molecule has 0 saturated carbocycles. The van der Waals surface area contributed by atoms with E-state index in [9.17, 15) is 4.79 Å². The molecule has 0 radical (unpaired) electrons. The number of rotatable bonds is 7. The average molecular weight is 428 g/mol. The molecule has 3 N–H and O–H groups in total. The van der Waals surface area contributed by atoms with E-state index in [1.165, 1.54) is 6.08 Å². The molecule has 0 spiro atoms. The number of fused-ring (bicyclic) bond motifs is 1. The Morgan fingerprint density at radius 1 is 1.09 bits per heavy atom. The van der Waals surface area contributed by atoms with Crippen molar-refractivity contribution in [3.8, 4) is 22.3 Å². The van der Waals surface area contributed by atoms with Crippen molar-refractivity contribution in [3.05, 3.63) is 67.4 Å². The normalized spacial score (nSPS) is 11.4. The molecule has 4 heterocycles. The summed E-state index contributed by atoms with van der Waals surface area (Å²) in [5, 5.41) is 6.93. The minimum absolute atomic E-state index is 0.190. The Morgan fingerprint density at radius 2 is 1.94 bits per heavy atom. The van der Waals surface area contributed by atoms with Gasteiger partial charge in [0.15, 0.2) is 0 Å². The van der Waals surface area contributed by atoms with Gasteiger partial charge in [-0.15, -0.1) is 0 Å². The van der Waals surface area contributed by atoms with E-state index in [-0.39, 0.29) is 5.91 Å². The molecule has 0 saturated heterocycles. The van der Waals surface area contributed by atoms with Gasteiger partial charge in [-0.3, -0.25) is 9.78 Å². The number of nitrogens with zero attached hydrogens (tertiary/aromatic N) is 4. The summed E-state index contributed by atoms with van der Waals surface area (Å²) in [6, 6.07) is 7.94. The van der Waals surface area contributed by atoms with Gasteiger partial charge in [-0.1, -0.05) is 6.08 Å². The third-order valence-electron chi connectivity index (χ3n) is 4.94. The fraction of sp³-hybridized carbons (Fsp3) is 0.167. The molecule has 0 aliphatic carbocycles. The Kier molecular flexibility index (Phi) is 6.23. The number of hydrogen-bond acceptors (Lipinski definition) is 6. The van der Waals surface area contributed by atoms with Crippen LogP contribution in [0.5, 0.6) is 0 Å². The van der Waals surface area contributed by atoms with Gasteiger partial charge in [0.25, 0.3) is 0 Å². The van der Waals surface area contributed by atoms with Crippen LogP contribution < -0.4 is 10.6 Å². The Morgan fingerprint density at radius 3 is 2.75 bits per heavy atom. The quantitative estimate of drug-likeness (QED) is 0.388. The molecule has 162 valence electrons. The second-order valence-electron chi connectivity index (χ2n) is 7.62. The van der Waals surface area contributed by atoms with Gasteiger partial charge < -0.3 is 20.5 Å². The highest BCUT2D eigenvalue weighted by Crippen LogP contribution is 2.32. The SMILES string of the molecule is CNc1cc(-c2c[nH]c3ncc(-c4cncc(NC(=O)/C=C/CN(C)C)c4)cc23)ccn1. The van der Waals surface area contributed by atoms with Crippen molar-refractivity contribution >= 4 is 28.4 Å². The van der Waals surface area contributed by atoms with Crippen molar-refractivity contribution in [2.24, 2.45) is 0 Å². The second-order valence-corrected chi connectivity index (χ2v) is 7.62. The van der Waals surface area contributed by atoms with E-state index in [0.717, 1.165) is 39.1 Å². The maximum Gasteiger partial charge on any atom is 0.248 e. The molecule has 4 rings (SSSR count). The van der Waals surface area contributed by atoms with Crippen LogP contribution >= 0.6 is 0 Å². The molecule has 1 amide bonds. The van der Waals surface area contributed by atoms with E-state index in [0.29, 0.717) is 12.2 Å². The van der Waals surface area contributed by atoms with E-state index in [1.807, 2.05) is 56.5 Å². The van der Waals surface area contributed by atoms with Gasteiger partial charge in [0.05, 0.1) is 11.9 Å². The van der Waals surface area contributed by atoms with Crippen LogP contribution in [0.25, 0.3) is 33.3 Å². The van der Waals surface area contributed by atoms with Crippen LogP contribution in [0.1, 0.15) is 0 Å². The van der Waals surface area contributed by atoms with Crippen LogP contribution in [-0.2, 0) is 4.79 Å². The lowest BCUT2D eigenvalue weighted by atomic mass is 10.0. The third-order valence-corrected chi connectivity index (χ3v) is 4.94. The smallest absolute Gasteiger partial charge is 0.248 e. The fourth-order valence-electron chi connectivity index (χ4n) is 3.36. The van der Waals surface area contributed by atoms with Gasteiger partial charge in [-0.25, -0.2) is 9.97 Å². The summed E-state index contributed by atoms with van der Waals surface area (Å²) >= 11 is 0. The summed E-state index contributed by atoms with van der Waals surface area (Å²) in [6.07, 6.45) is 12.3. The van der Waals surface area contributed by atoms with Crippen molar-refractivity contribution in [2.75, 3.05) is 38.3 Å². The highest BCUT2D eigenvalue weighted by atomic mass is 16.1. The van der Waals surface area contributed by atoms with Crippen molar-refractivity contribution in [3.63, 3.8) is 0 Å². The predicted octanol–water partition coefficient (Wildman–Crippen LogP) is 3.78. The maximum absolute atomic E-state index is 12.2. The summed E-state index contributed by atoms with van der Waals surface area (Å²) in [5.41, 5.74) is 5.29. The lowest BCUT2D eigenvalue weighted by Crippen LogP contribution is -2.13. The lowest BCUT2D eigenvalue weighted by molar-refractivity contribution is -0.111. The zero-order valence-electron chi connectivity index (χ0n) is 18.3. The highest BCUT2D eigenvalue weighted by Gasteiger charge is 2.11. The van der Waals surface area contributed by atoms with E-state index in [2.05, 4.69) is 36.6 Å². The Hall–Kier alpha value is -4.04. The molecule has 0 unspecified atom stereocenters. The second kappa shape index (κ2) is 9.40. The number of anilines is 2. The minimum Gasteiger partial charge on any atom is -0.373 e. The Labute approximate surface area is 186 Å². The number of nitrogens with one attached hydrogen (secondary N) is 3. The number of likely N-dealkylation sites (N-methyl/N-ethyl adjacent to an activating group) is 1. The molecule has 0 bridgehead atoms.